The first-order chi connectivity index (χ1) is 10.8. The van der Waals surface area contributed by atoms with Gasteiger partial charge in [0.25, 0.3) is 0 Å². The molecule has 0 atom stereocenters. The summed E-state index contributed by atoms with van der Waals surface area (Å²) in [4.78, 5) is 3.73. The second-order valence-corrected chi connectivity index (χ2v) is 5.26. The Kier molecular flexibility index (Phi) is 21.1. The summed E-state index contributed by atoms with van der Waals surface area (Å²) >= 11 is 5.34. The Morgan fingerprint density at radius 2 is 1.48 bits per heavy atom. The first-order valence-corrected chi connectivity index (χ1v) is 8.25. The molecule has 0 fully saturated rings. The number of hydrogen-bond donors (Lipinski definition) is 0. The van der Waals surface area contributed by atoms with Crippen molar-refractivity contribution in [1.82, 2.24) is 0 Å². The number of rotatable bonds is 2. The summed E-state index contributed by atoms with van der Waals surface area (Å²) in [5.74, 6) is 0. The summed E-state index contributed by atoms with van der Waals surface area (Å²) in [5.41, 5.74) is 5.37. The zero-order valence-corrected chi connectivity index (χ0v) is 17.0. The molecule has 0 aliphatic carbocycles. The molecule has 0 heterocycles. The van der Waals surface area contributed by atoms with E-state index in [1.165, 1.54) is 22.3 Å². The van der Waals surface area contributed by atoms with E-state index in [2.05, 4.69) is 57.1 Å². The van der Waals surface area contributed by atoms with E-state index in [0.29, 0.717) is 5.16 Å². The fraction of sp³-hybridized carbons (Fsp3) is 0.381. The number of aryl methyl sites for hydroxylation is 2. The zero-order valence-electron chi connectivity index (χ0n) is 16.2. The van der Waals surface area contributed by atoms with Crippen LogP contribution in [-0.4, -0.2) is 6.21 Å². The number of halogens is 1. The number of allylic oxidation sites excluding steroid dienone is 3. The molecule has 1 aromatic rings. The van der Waals surface area contributed by atoms with E-state index in [0.717, 1.165) is 0 Å². The summed E-state index contributed by atoms with van der Waals surface area (Å²) in [6, 6.07) is 6.38. The molecule has 0 N–H and O–H groups in total. The molecule has 0 radical (unpaired) electrons. The van der Waals surface area contributed by atoms with Crippen molar-refractivity contribution in [3.05, 3.63) is 70.9 Å². The minimum Gasteiger partial charge on any atom is -0.245 e. The van der Waals surface area contributed by atoms with Crippen LogP contribution in [0.4, 0.5) is 0 Å². The number of aliphatic imine (C=N–C) groups is 1. The van der Waals surface area contributed by atoms with Gasteiger partial charge in [-0.3, -0.25) is 0 Å². The van der Waals surface area contributed by atoms with Crippen molar-refractivity contribution in [2.24, 2.45) is 4.99 Å². The Balaban J connectivity index is -0.000000272. The van der Waals surface area contributed by atoms with E-state index in [4.69, 9.17) is 11.6 Å². The average molecular weight is 336 g/mol. The van der Waals surface area contributed by atoms with E-state index < -0.39 is 0 Å². The van der Waals surface area contributed by atoms with Gasteiger partial charge < -0.3 is 0 Å². The zero-order chi connectivity index (χ0) is 18.8. The molecule has 1 aromatic carbocycles. The van der Waals surface area contributed by atoms with Gasteiger partial charge in [0.2, 0.25) is 0 Å². The quantitative estimate of drug-likeness (QED) is 0.300. The van der Waals surface area contributed by atoms with E-state index in [1.807, 2.05) is 40.7 Å². The molecule has 0 amide bonds. The third-order valence-electron chi connectivity index (χ3n) is 2.50. The maximum Gasteiger partial charge on any atom is 0.121 e. The van der Waals surface area contributed by atoms with Gasteiger partial charge >= 0.3 is 0 Å². The van der Waals surface area contributed by atoms with E-state index >= 15 is 0 Å². The van der Waals surface area contributed by atoms with Gasteiger partial charge in [-0.2, -0.15) is 0 Å². The standard InChI is InChI=1S/C9H12.C7H10ClN.C3H6.C2H6/c1-7-5-4-6-8(2)9(7)3;1-6(2)4-5-9-7(3)8;1-3-2;1-2/h4-6H,1-3H3;4-5H,3H2,1-2H3;3H,1H2,2H3;1-2H3/b;9-5-;;. The lowest BCUT2D eigenvalue weighted by Gasteiger charge is -2.00. The van der Waals surface area contributed by atoms with E-state index in [1.54, 1.807) is 12.3 Å². The SMILES string of the molecule is C=C(Cl)/N=C\C=C(C)C.C=CC.CC.Cc1cccc(C)c1C. The molecule has 0 bridgehead atoms. The van der Waals surface area contributed by atoms with Gasteiger partial charge in [0.15, 0.2) is 0 Å². The summed E-state index contributed by atoms with van der Waals surface area (Å²) in [6.45, 7) is 23.1. The van der Waals surface area contributed by atoms with Crippen molar-refractivity contribution in [2.75, 3.05) is 0 Å². The van der Waals surface area contributed by atoms with Crippen molar-refractivity contribution in [1.29, 1.82) is 0 Å². The lowest BCUT2D eigenvalue weighted by Crippen LogP contribution is -1.82. The van der Waals surface area contributed by atoms with Crippen LogP contribution >= 0.6 is 11.6 Å². The number of nitrogens with zero attached hydrogens (tertiary/aromatic N) is 1. The fourth-order valence-electron chi connectivity index (χ4n) is 1.17. The molecule has 0 aliphatic heterocycles. The van der Waals surface area contributed by atoms with Crippen LogP contribution in [0.15, 0.2) is 59.2 Å². The molecule has 0 saturated carbocycles. The van der Waals surface area contributed by atoms with Gasteiger partial charge in [-0.05, 0) is 64.3 Å². The largest absolute Gasteiger partial charge is 0.245 e. The maximum absolute atomic E-state index is 5.34. The first-order valence-electron chi connectivity index (χ1n) is 7.88. The van der Waals surface area contributed by atoms with Crippen LogP contribution in [0, 0.1) is 20.8 Å². The van der Waals surface area contributed by atoms with Crippen LogP contribution in [-0.2, 0) is 0 Å². The van der Waals surface area contributed by atoms with Gasteiger partial charge in [-0.25, -0.2) is 4.99 Å². The topological polar surface area (TPSA) is 12.4 Å². The van der Waals surface area contributed by atoms with Gasteiger partial charge in [0, 0.05) is 6.21 Å². The van der Waals surface area contributed by atoms with Crippen molar-refractivity contribution in [2.45, 2.75) is 55.4 Å². The van der Waals surface area contributed by atoms with E-state index in [9.17, 15) is 0 Å². The Bertz CT molecular complexity index is 472. The van der Waals surface area contributed by atoms with E-state index in [-0.39, 0.29) is 0 Å². The fourth-order valence-corrected chi connectivity index (χ4v) is 1.22. The normalized spacial score (nSPS) is 8.39. The molecule has 0 aliphatic rings. The highest BCUT2D eigenvalue weighted by Gasteiger charge is 1.91. The van der Waals surface area contributed by atoms with Crippen molar-refractivity contribution in [3.8, 4) is 0 Å². The van der Waals surface area contributed by atoms with Gasteiger partial charge in [-0.1, -0.05) is 61.9 Å². The predicted octanol–water partition coefficient (Wildman–Crippen LogP) is 7.56. The van der Waals surface area contributed by atoms with Crippen LogP contribution in [0.3, 0.4) is 0 Å². The molecule has 1 rings (SSSR count). The minimum atomic E-state index is 0.313. The summed E-state index contributed by atoms with van der Waals surface area (Å²) in [5, 5.41) is 0.313. The molecule has 0 spiro atoms. The monoisotopic (exact) mass is 335 g/mol. The molecular formula is C21H34ClN. The van der Waals surface area contributed by atoms with Gasteiger partial charge in [0.1, 0.15) is 5.16 Å². The second kappa shape index (κ2) is 18.4. The molecule has 130 valence electrons. The lowest BCUT2D eigenvalue weighted by atomic mass is 10.1. The highest BCUT2D eigenvalue weighted by molar-refractivity contribution is 6.29. The maximum atomic E-state index is 5.34. The smallest absolute Gasteiger partial charge is 0.121 e. The summed E-state index contributed by atoms with van der Waals surface area (Å²) in [7, 11) is 0. The van der Waals surface area contributed by atoms with Gasteiger partial charge in [-0.15, -0.1) is 6.58 Å². The van der Waals surface area contributed by atoms with Crippen LogP contribution in [0.2, 0.25) is 0 Å². The van der Waals surface area contributed by atoms with Crippen molar-refractivity contribution in [3.63, 3.8) is 0 Å². The second-order valence-electron chi connectivity index (χ2n) is 4.82. The van der Waals surface area contributed by atoms with Crippen LogP contribution in [0.5, 0.6) is 0 Å². The average Bonchev–Trinajstić information content (AvgIpc) is 2.47. The molecule has 23 heavy (non-hydrogen) atoms. The number of benzene rings is 1. The van der Waals surface area contributed by atoms with Gasteiger partial charge in [0.05, 0.1) is 0 Å². The molecular weight excluding hydrogens is 302 g/mol. The molecule has 2 heteroatoms. The minimum absolute atomic E-state index is 0.313. The third-order valence-corrected chi connectivity index (χ3v) is 2.60. The van der Waals surface area contributed by atoms with Crippen LogP contribution in [0.1, 0.15) is 51.3 Å². The molecule has 1 nitrogen and oxygen atoms in total. The highest BCUT2D eigenvalue weighted by atomic mass is 35.5. The first kappa shape index (κ1) is 26.3. The van der Waals surface area contributed by atoms with Crippen molar-refractivity contribution < 1.29 is 0 Å². The third kappa shape index (κ3) is 20.4. The molecule has 0 saturated heterocycles. The lowest BCUT2D eigenvalue weighted by molar-refractivity contribution is 1.27. The number of hydrogen-bond acceptors (Lipinski definition) is 1. The Hall–Kier alpha value is -1.60. The van der Waals surface area contributed by atoms with Crippen molar-refractivity contribution >= 4 is 17.8 Å². The summed E-state index contributed by atoms with van der Waals surface area (Å²) in [6.07, 6.45) is 5.25. The Morgan fingerprint density at radius 3 is 1.74 bits per heavy atom. The highest BCUT2D eigenvalue weighted by Crippen LogP contribution is 2.09. The Morgan fingerprint density at radius 1 is 1.09 bits per heavy atom. The molecule has 0 aromatic heterocycles. The predicted molar refractivity (Wildman–Crippen MR) is 111 cm³/mol. The van der Waals surface area contributed by atoms with Crippen LogP contribution in [0.25, 0.3) is 0 Å². The van der Waals surface area contributed by atoms with Crippen LogP contribution < -0.4 is 0 Å². The molecule has 0 unspecified atom stereocenters. The Labute approximate surface area is 149 Å². The summed E-state index contributed by atoms with van der Waals surface area (Å²) < 4.78 is 0.